The highest BCUT2D eigenvalue weighted by molar-refractivity contribution is 7.10. The maximum Gasteiger partial charge on any atom is 0.162 e. The summed E-state index contributed by atoms with van der Waals surface area (Å²) in [6, 6.07) is 9.30. The number of nitriles is 1. The van der Waals surface area contributed by atoms with Crippen molar-refractivity contribution < 1.29 is 4.42 Å². The Bertz CT molecular complexity index is 850. The van der Waals surface area contributed by atoms with Gasteiger partial charge in [0.15, 0.2) is 5.15 Å². The van der Waals surface area contributed by atoms with Crippen molar-refractivity contribution in [3.8, 4) is 6.07 Å². The molecular formula is C14H9Cl2N3OS. The van der Waals surface area contributed by atoms with Crippen LogP contribution in [0, 0.1) is 11.3 Å². The summed E-state index contributed by atoms with van der Waals surface area (Å²) in [7, 11) is 0. The summed E-state index contributed by atoms with van der Waals surface area (Å²) in [4.78, 5) is 0. The van der Waals surface area contributed by atoms with Crippen LogP contribution in [-0.2, 0) is 0 Å². The van der Waals surface area contributed by atoms with Crippen molar-refractivity contribution >= 4 is 50.7 Å². The van der Waals surface area contributed by atoms with Gasteiger partial charge in [-0.3, -0.25) is 0 Å². The number of rotatable bonds is 3. The molecule has 0 aliphatic heterocycles. The van der Waals surface area contributed by atoms with Gasteiger partial charge >= 0.3 is 0 Å². The third-order valence-corrected chi connectivity index (χ3v) is 4.42. The predicted octanol–water partition coefficient (Wildman–Crippen LogP) is 5.24. The number of hydrogen-bond donors (Lipinski definition) is 1. The molecule has 4 nitrogen and oxygen atoms in total. The molecule has 1 atom stereocenters. The number of halogens is 2. The third-order valence-electron chi connectivity index (χ3n) is 3.03. The lowest BCUT2D eigenvalue weighted by atomic mass is 10.2. The summed E-state index contributed by atoms with van der Waals surface area (Å²) in [5, 5.41) is 14.7. The van der Waals surface area contributed by atoms with Crippen LogP contribution in [0.15, 0.2) is 28.7 Å². The molecule has 106 valence electrons. The maximum absolute atomic E-state index is 9.07. The molecule has 21 heavy (non-hydrogen) atoms. The molecular weight excluding hydrogens is 329 g/mol. The summed E-state index contributed by atoms with van der Waals surface area (Å²) < 4.78 is 9.75. The molecule has 3 rings (SSSR count). The topological polar surface area (TPSA) is 61.9 Å². The Morgan fingerprint density at radius 2 is 2.19 bits per heavy atom. The Kier molecular flexibility index (Phi) is 3.77. The molecule has 0 bridgehead atoms. The third kappa shape index (κ3) is 2.70. The molecule has 7 heteroatoms. The van der Waals surface area contributed by atoms with Crippen molar-refractivity contribution in [3.63, 3.8) is 0 Å². The van der Waals surface area contributed by atoms with Crippen LogP contribution in [0.5, 0.6) is 0 Å². The fraction of sp³-hybridized carbons (Fsp3) is 0.143. The molecule has 0 radical (unpaired) electrons. The minimum Gasteiger partial charge on any atom is -0.459 e. The lowest BCUT2D eigenvalue weighted by Gasteiger charge is -2.10. The van der Waals surface area contributed by atoms with Gasteiger partial charge in [-0.2, -0.15) is 9.64 Å². The summed E-state index contributed by atoms with van der Waals surface area (Å²) >= 11 is 13.0. The first kappa shape index (κ1) is 14.2. The van der Waals surface area contributed by atoms with E-state index in [1.807, 2.05) is 31.2 Å². The summed E-state index contributed by atoms with van der Waals surface area (Å²) in [5.41, 5.74) is 1.12. The standard InChI is InChI=1S/C14H9Cl2N3OS/c1-7(18-14-10(6-17)13(16)19-21-14)12-5-8-4-9(15)2-3-11(8)20-12/h2-5,7,18H,1H3. The molecule has 2 heterocycles. The van der Waals surface area contributed by atoms with Gasteiger partial charge in [0.2, 0.25) is 0 Å². The lowest BCUT2D eigenvalue weighted by Crippen LogP contribution is -2.05. The van der Waals surface area contributed by atoms with Gasteiger partial charge < -0.3 is 9.73 Å². The Labute approximate surface area is 135 Å². The molecule has 0 saturated heterocycles. The van der Waals surface area contributed by atoms with Gasteiger partial charge in [0, 0.05) is 10.4 Å². The number of hydrogen-bond acceptors (Lipinski definition) is 5. The van der Waals surface area contributed by atoms with Crippen molar-refractivity contribution in [2.75, 3.05) is 5.32 Å². The van der Waals surface area contributed by atoms with Gasteiger partial charge in [0.05, 0.1) is 6.04 Å². The van der Waals surface area contributed by atoms with Crippen LogP contribution in [0.4, 0.5) is 5.00 Å². The van der Waals surface area contributed by atoms with Crippen LogP contribution in [-0.4, -0.2) is 4.37 Å². The van der Waals surface area contributed by atoms with Gasteiger partial charge in [-0.15, -0.1) is 0 Å². The van der Waals surface area contributed by atoms with Crippen LogP contribution >= 0.6 is 34.7 Å². The van der Waals surface area contributed by atoms with Crippen molar-refractivity contribution in [1.82, 2.24) is 4.37 Å². The molecule has 1 aromatic carbocycles. The minimum absolute atomic E-state index is 0.125. The Morgan fingerprint density at radius 1 is 1.38 bits per heavy atom. The quantitative estimate of drug-likeness (QED) is 0.709. The Morgan fingerprint density at radius 3 is 2.95 bits per heavy atom. The zero-order chi connectivity index (χ0) is 15.0. The van der Waals surface area contributed by atoms with E-state index in [1.165, 1.54) is 0 Å². The molecule has 1 N–H and O–H groups in total. The van der Waals surface area contributed by atoms with Crippen molar-refractivity contribution in [1.29, 1.82) is 5.26 Å². The average Bonchev–Trinajstić information content (AvgIpc) is 3.02. The molecule has 1 unspecified atom stereocenters. The van der Waals surface area contributed by atoms with Crippen LogP contribution in [0.25, 0.3) is 11.0 Å². The summed E-state index contributed by atoms with van der Waals surface area (Å²) in [6.45, 7) is 1.94. The molecule has 0 amide bonds. The van der Waals surface area contributed by atoms with E-state index in [4.69, 9.17) is 32.9 Å². The SMILES string of the molecule is CC(Nc1snc(Cl)c1C#N)c1cc2cc(Cl)ccc2o1. The second-order valence-corrected chi connectivity index (χ2v) is 6.05. The molecule has 0 fully saturated rings. The highest BCUT2D eigenvalue weighted by Crippen LogP contribution is 2.32. The summed E-state index contributed by atoms with van der Waals surface area (Å²) in [5.74, 6) is 0.751. The smallest absolute Gasteiger partial charge is 0.162 e. The number of furan rings is 1. The molecule has 0 aliphatic carbocycles. The number of nitrogens with one attached hydrogen (secondary N) is 1. The number of fused-ring (bicyclic) bond motifs is 1. The highest BCUT2D eigenvalue weighted by Gasteiger charge is 2.17. The van der Waals surface area contributed by atoms with E-state index in [0.717, 1.165) is 28.3 Å². The first-order valence-electron chi connectivity index (χ1n) is 6.09. The monoisotopic (exact) mass is 337 g/mol. The van der Waals surface area contributed by atoms with E-state index in [1.54, 1.807) is 6.07 Å². The fourth-order valence-corrected chi connectivity index (χ4v) is 3.18. The number of aromatic nitrogens is 1. The maximum atomic E-state index is 9.07. The van der Waals surface area contributed by atoms with Gasteiger partial charge in [-0.05, 0) is 42.7 Å². The average molecular weight is 338 g/mol. The second kappa shape index (κ2) is 5.57. The van der Waals surface area contributed by atoms with Gasteiger partial charge in [-0.25, -0.2) is 0 Å². The van der Waals surface area contributed by atoms with Crippen molar-refractivity contribution in [3.05, 3.63) is 45.8 Å². The zero-order valence-corrected chi connectivity index (χ0v) is 13.2. The fourth-order valence-electron chi connectivity index (χ4n) is 1.98. The molecule has 0 saturated carbocycles. The number of nitrogens with zero attached hydrogens (tertiary/aromatic N) is 2. The largest absolute Gasteiger partial charge is 0.459 e. The van der Waals surface area contributed by atoms with Gasteiger partial charge in [-0.1, -0.05) is 23.2 Å². The first-order valence-corrected chi connectivity index (χ1v) is 7.62. The molecule has 0 aliphatic rings. The van der Waals surface area contributed by atoms with Crippen LogP contribution in [0.3, 0.4) is 0 Å². The highest BCUT2D eigenvalue weighted by atomic mass is 35.5. The first-order chi connectivity index (χ1) is 10.1. The molecule has 3 aromatic rings. The normalized spacial score (nSPS) is 12.3. The Hall–Kier alpha value is -1.74. The van der Waals surface area contributed by atoms with Gasteiger partial charge in [0.1, 0.15) is 28.0 Å². The molecule has 0 spiro atoms. The van der Waals surface area contributed by atoms with E-state index >= 15 is 0 Å². The Balaban J connectivity index is 1.90. The van der Waals surface area contributed by atoms with Crippen LogP contribution in [0.1, 0.15) is 24.3 Å². The minimum atomic E-state index is -0.125. The van der Waals surface area contributed by atoms with E-state index in [2.05, 4.69) is 9.69 Å². The lowest BCUT2D eigenvalue weighted by molar-refractivity contribution is 0.526. The second-order valence-electron chi connectivity index (χ2n) is 4.49. The van der Waals surface area contributed by atoms with Gasteiger partial charge in [0.25, 0.3) is 0 Å². The van der Waals surface area contributed by atoms with E-state index < -0.39 is 0 Å². The van der Waals surface area contributed by atoms with Crippen molar-refractivity contribution in [2.24, 2.45) is 0 Å². The van der Waals surface area contributed by atoms with Crippen LogP contribution < -0.4 is 5.32 Å². The number of anilines is 1. The van der Waals surface area contributed by atoms with E-state index in [-0.39, 0.29) is 11.2 Å². The summed E-state index contributed by atoms with van der Waals surface area (Å²) in [6.07, 6.45) is 0. The zero-order valence-electron chi connectivity index (χ0n) is 10.9. The van der Waals surface area contributed by atoms with E-state index in [0.29, 0.717) is 15.6 Å². The number of benzene rings is 1. The molecule has 2 aromatic heterocycles. The van der Waals surface area contributed by atoms with Crippen LogP contribution in [0.2, 0.25) is 10.2 Å². The predicted molar refractivity (Wildman–Crippen MR) is 85.1 cm³/mol. The van der Waals surface area contributed by atoms with E-state index in [9.17, 15) is 0 Å². The van der Waals surface area contributed by atoms with Crippen molar-refractivity contribution in [2.45, 2.75) is 13.0 Å².